The third-order valence-electron chi connectivity index (χ3n) is 4.30. The van der Waals surface area contributed by atoms with Crippen LogP contribution < -0.4 is 5.32 Å². The maximum Gasteiger partial charge on any atom is 0.317 e. The van der Waals surface area contributed by atoms with E-state index in [9.17, 15) is 4.79 Å². The van der Waals surface area contributed by atoms with Crippen LogP contribution >= 0.6 is 11.3 Å². The van der Waals surface area contributed by atoms with Crippen LogP contribution in [0.5, 0.6) is 0 Å². The van der Waals surface area contributed by atoms with Gasteiger partial charge in [0.1, 0.15) is 0 Å². The third-order valence-corrected chi connectivity index (χ3v) is 5.21. The van der Waals surface area contributed by atoms with E-state index in [1.807, 2.05) is 22.5 Å². The fourth-order valence-corrected chi connectivity index (χ4v) is 3.71. The maximum atomic E-state index is 12.3. The van der Waals surface area contributed by atoms with E-state index in [4.69, 9.17) is 0 Å². The lowest BCUT2D eigenvalue weighted by molar-refractivity contribution is 0.147. The molecule has 1 aliphatic heterocycles. The van der Waals surface area contributed by atoms with Crippen molar-refractivity contribution in [1.29, 1.82) is 0 Å². The summed E-state index contributed by atoms with van der Waals surface area (Å²) < 4.78 is 2.02. The molecule has 3 heterocycles. The number of nitrogens with zero attached hydrogens (tertiary/aromatic N) is 4. The molecule has 2 aromatic heterocycles. The first-order chi connectivity index (χ1) is 10.5. The molecule has 0 aliphatic carbocycles. The van der Waals surface area contributed by atoms with Gasteiger partial charge in [-0.1, -0.05) is 0 Å². The molecule has 1 aliphatic rings. The average Bonchev–Trinajstić information content (AvgIpc) is 3.01. The molecule has 0 bridgehead atoms. The predicted molar refractivity (Wildman–Crippen MR) is 88.3 cm³/mol. The van der Waals surface area contributed by atoms with Crippen LogP contribution in [0.3, 0.4) is 0 Å². The summed E-state index contributed by atoms with van der Waals surface area (Å²) in [7, 11) is 4.02. The van der Waals surface area contributed by atoms with E-state index < -0.39 is 0 Å². The zero-order chi connectivity index (χ0) is 15.7. The summed E-state index contributed by atoms with van der Waals surface area (Å²) in [6, 6.07) is 0.325. The molecule has 2 aromatic rings. The van der Waals surface area contributed by atoms with Crippen LogP contribution in [-0.2, 0) is 6.54 Å². The van der Waals surface area contributed by atoms with Crippen molar-refractivity contribution in [2.75, 3.05) is 27.2 Å². The summed E-state index contributed by atoms with van der Waals surface area (Å²) in [5, 5.41) is 2.97. The van der Waals surface area contributed by atoms with Crippen LogP contribution in [0.1, 0.15) is 23.4 Å². The molecule has 7 heteroatoms. The molecule has 0 atom stereocenters. The van der Waals surface area contributed by atoms with Crippen LogP contribution in [0, 0.1) is 6.92 Å². The van der Waals surface area contributed by atoms with E-state index in [-0.39, 0.29) is 6.03 Å². The lowest BCUT2D eigenvalue weighted by Crippen LogP contribution is -2.48. The van der Waals surface area contributed by atoms with E-state index in [2.05, 4.69) is 35.4 Å². The number of fused-ring (bicyclic) bond motifs is 1. The first kappa shape index (κ1) is 15.3. The molecule has 0 unspecified atom stereocenters. The normalized spacial score (nSPS) is 17.0. The highest BCUT2D eigenvalue weighted by atomic mass is 32.1. The van der Waals surface area contributed by atoms with Crippen molar-refractivity contribution in [2.45, 2.75) is 32.4 Å². The average molecular weight is 321 g/mol. The Morgan fingerprint density at radius 2 is 2.18 bits per heavy atom. The summed E-state index contributed by atoms with van der Waals surface area (Å²) in [5.41, 5.74) is 0.899. The number of rotatable bonds is 3. The molecule has 0 aromatic carbocycles. The first-order valence-corrected chi connectivity index (χ1v) is 8.48. The number of aromatic nitrogens is 2. The van der Waals surface area contributed by atoms with Crippen molar-refractivity contribution in [1.82, 2.24) is 24.5 Å². The number of thiazole rings is 1. The van der Waals surface area contributed by atoms with Crippen LogP contribution in [0.15, 0.2) is 12.4 Å². The van der Waals surface area contributed by atoms with Crippen molar-refractivity contribution < 1.29 is 4.79 Å². The molecular formula is C15H23N5OS. The second kappa shape index (κ2) is 6.26. The highest BCUT2D eigenvalue weighted by molar-refractivity contribution is 7.16. The van der Waals surface area contributed by atoms with Gasteiger partial charge >= 0.3 is 6.03 Å². The second-order valence-corrected chi connectivity index (χ2v) is 7.28. The van der Waals surface area contributed by atoms with Crippen LogP contribution in [0.2, 0.25) is 0 Å². The molecule has 0 radical (unpaired) electrons. The van der Waals surface area contributed by atoms with Gasteiger partial charge in [-0.2, -0.15) is 0 Å². The van der Waals surface area contributed by atoms with E-state index >= 15 is 0 Å². The van der Waals surface area contributed by atoms with Gasteiger partial charge in [0, 0.05) is 30.4 Å². The minimum absolute atomic E-state index is 0.0120. The quantitative estimate of drug-likeness (QED) is 0.940. The Balaban J connectivity index is 1.53. The number of carbonyl (C=O) groups excluding carboxylic acids is 1. The SMILES string of the molecule is Cc1cn2cc(CNC(=O)N(C)C3CCN(C)CC3)nc2s1. The minimum atomic E-state index is -0.0120. The molecule has 0 saturated carbocycles. The summed E-state index contributed by atoms with van der Waals surface area (Å²) in [6.07, 6.45) is 6.12. The zero-order valence-electron chi connectivity index (χ0n) is 13.4. The number of nitrogens with one attached hydrogen (secondary N) is 1. The number of hydrogen-bond acceptors (Lipinski definition) is 4. The Kier molecular flexibility index (Phi) is 4.35. The Morgan fingerprint density at radius 1 is 1.45 bits per heavy atom. The molecule has 1 fully saturated rings. The number of carbonyl (C=O) groups is 1. The summed E-state index contributed by atoms with van der Waals surface area (Å²) in [6.45, 7) is 4.65. The summed E-state index contributed by atoms with van der Waals surface area (Å²) >= 11 is 1.66. The lowest BCUT2D eigenvalue weighted by Gasteiger charge is -2.35. The number of imidazole rings is 1. The summed E-state index contributed by atoms with van der Waals surface area (Å²) in [5.74, 6) is 0. The van der Waals surface area contributed by atoms with Gasteiger partial charge in [-0.15, -0.1) is 11.3 Å². The van der Waals surface area contributed by atoms with Gasteiger partial charge in [0.25, 0.3) is 0 Å². The fraction of sp³-hybridized carbons (Fsp3) is 0.600. The van der Waals surface area contributed by atoms with Gasteiger partial charge in [0.15, 0.2) is 4.96 Å². The molecule has 3 rings (SSSR count). The van der Waals surface area contributed by atoms with E-state index in [1.54, 1.807) is 11.3 Å². The molecule has 2 amide bonds. The smallest absolute Gasteiger partial charge is 0.317 e. The van der Waals surface area contributed by atoms with Gasteiger partial charge in [0.2, 0.25) is 0 Å². The number of hydrogen-bond donors (Lipinski definition) is 1. The molecule has 1 N–H and O–H groups in total. The predicted octanol–water partition coefficient (Wildman–Crippen LogP) is 1.94. The Labute approximate surface area is 134 Å². The standard InChI is InChI=1S/C15H23N5OS/c1-11-9-20-10-12(17-15(20)22-11)8-16-14(21)19(3)13-4-6-18(2)7-5-13/h9-10,13H,4-8H2,1-3H3,(H,16,21). The van der Waals surface area contributed by atoms with Gasteiger partial charge in [-0.25, -0.2) is 9.78 Å². The fourth-order valence-electron chi connectivity index (χ4n) is 2.88. The Morgan fingerprint density at radius 3 is 2.86 bits per heavy atom. The number of aryl methyl sites for hydroxylation is 1. The number of amides is 2. The number of piperidine rings is 1. The molecule has 22 heavy (non-hydrogen) atoms. The Bertz CT molecular complexity index is 624. The Hall–Kier alpha value is -1.60. The third kappa shape index (κ3) is 3.25. The monoisotopic (exact) mass is 321 g/mol. The van der Waals surface area contributed by atoms with E-state index in [1.165, 1.54) is 4.88 Å². The van der Waals surface area contributed by atoms with Gasteiger partial charge in [0.05, 0.1) is 12.2 Å². The molecule has 120 valence electrons. The van der Waals surface area contributed by atoms with Crippen LogP contribution in [-0.4, -0.2) is 58.4 Å². The van der Waals surface area contributed by atoms with Crippen LogP contribution in [0.4, 0.5) is 4.79 Å². The topological polar surface area (TPSA) is 52.9 Å². The van der Waals surface area contributed by atoms with Crippen molar-refractivity contribution >= 4 is 22.3 Å². The lowest BCUT2D eigenvalue weighted by atomic mass is 10.0. The highest BCUT2D eigenvalue weighted by Gasteiger charge is 2.23. The summed E-state index contributed by atoms with van der Waals surface area (Å²) in [4.78, 5) is 23.2. The molecule has 6 nitrogen and oxygen atoms in total. The van der Waals surface area contributed by atoms with Crippen molar-refractivity contribution in [2.24, 2.45) is 0 Å². The molecule has 0 spiro atoms. The van der Waals surface area contributed by atoms with E-state index in [0.29, 0.717) is 12.6 Å². The first-order valence-electron chi connectivity index (χ1n) is 7.66. The molecular weight excluding hydrogens is 298 g/mol. The minimum Gasteiger partial charge on any atom is -0.332 e. The van der Waals surface area contributed by atoms with Gasteiger partial charge in [-0.05, 0) is 39.9 Å². The van der Waals surface area contributed by atoms with Gasteiger partial charge in [-0.3, -0.25) is 4.40 Å². The van der Waals surface area contributed by atoms with Crippen molar-refractivity contribution in [3.8, 4) is 0 Å². The maximum absolute atomic E-state index is 12.3. The van der Waals surface area contributed by atoms with Crippen LogP contribution in [0.25, 0.3) is 4.96 Å². The van der Waals surface area contributed by atoms with Crippen molar-refractivity contribution in [3.05, 3.63) is 23.0 Å². The van der Waals surface area contributed by atoms with Gasteiger partial charge < -0.3 is 15.1 Å². The number of likely N-dealkylation sites (tertiary alicyclic amines) is 1. The molecule has 1 saturated heterocycles. The highest BCUT2D eigenvalue weighted by Crippen LogP contribution is 2.17. The van der Waals surface area contributed by atoms with E-state index in [0.717, 1.165) is 36.6 Å². The largest absolute Gasteiger partial charge is 0.332 e. The second-order valence-electron chi connectivity index (χ2n) is 6.07. The van der Waals surface area contributed by atoms with Crippen molar-refractivity contribution in [3.63, 3.8) is 0 Å². The zero-order valence-corrected chi connectivity index (χ0v) is 14.2. The number of urea groups is 1.